The number of aromatic hydroxyl groups is 1. The van der Waals surface area contributed by atoms with Crippen molar-refractivity contribution in [3.05, 3.63) is 52.0 Å². The lowest BCUT2D eigenvalue weighted by atomic mass is 9.99. The van der Waals surface area contributed by atoms with E-state index in [-0.39, 0.29) is 18.2 Å². The Labute approximate surface area is 171 Å². The summed E-state index contributed by atoms with van der Waals surface area (Å²) in [7, 11) is 0. The molecule has 1 unspecified atom stereocenters. The lowest BCUT2D eigenvalue weighted by Crippen LogP contribution is -2.07. The summed E-state index contributed by atoms with van der Waals surface area (Å²) >= 11 is 3.44. The van der Waals surface area contributed by atoms with Crippen molar-refractivity contribution in [3.8, 4) is 11.6 Å². The monoisotopic (exact) mass is 443 g/mol. The number of rotatable bonds is 6. The van der Waals surface area contributed by atoms with E-state index in [1.807, 2.05) is 43.3 Å². The van der Waals surface area contributed by atoms with E-state index in [1.165, 1.54) is 5.56 Å². The van der Waals surface area contributed by atoms with Gasteiger partial charge in [-0.05, 0) is 54.7 Å². The first-order chi connectivity index (χ1) is 13.4. The molecule has 0 radical (unpaired) electrons. The van der Waals surface area contributed by atoms with Crippen molar-refractivity contribution in [1.29, 1.82) is 0 Å². The van der Waals surface area contributed by atoms with E-state index in [0.717, 1.165) is 16.5 Å². The van der Waals surface area contributed by atoms with E-state index < -0.39 is 5.91 Å². The largest absolute Gasteiger partial charge is 0.493 e. The summed E-state index contributed by atoms with van der Waals surface area (Å²) in [5.41, 5.74) is 3.15. The quantitative estimate of drug-likeness (QED) is 0.447. The van der Waals surface area contributed by atoms with Crippen molar-refractivity contribution >= 4 is 38.4 Å². The molecule has 28 heavy (non-hydrogen) atoms. The fourth-order valence-corrected chi connectivity index (χ4v) is 3.15. The van der Waals surface area contributed by atoms with Crippen LogP contribution >= 0.6 is 15.9 Å². The van der Waals surface area contributed by atoms with Crippen LogP contribution in [0, 0.1) is 6.92 Å². The van der Waals surface area contributed by atoms with E-state index in [1.54, 1.807) is 0 Å². The molecule has 146 valence electrons. The maximum atomic E-state index is 12.0. The number of hydrogen-bond donors (Lipinski definition) is 2. The van der Waals surface area contributed by atoms with E-state index in [4.69, 9.17) is 4.74 Å². The van der Waals surface area contributed by atoms with Gasteiger partial charge in [0.05, 0.1) is 5.52 Å². The number of aromatic amines is 1. The second-order valence-corrected chi connectivity index (χ2v) is 7.58. The predicted octanol–water partition coefficient (Wildman–Crippen LogP) is 6.15. The number of nitrogens with one attached hydrogen (secondary N) is 1. The predicted molar refractivity (Wildman–Crippen MR) is 113 cm³/mol. The Balaban J connectivity index is 1.66. The molecular formula is C21H22BrN3O3. The van der Waals surface area contributed by atoms with Crippen molar-refractivity contribution in [2.75, 3.05) is 6.61 Å². The highest BCUT2D eigenvalue weighted by atomic mass is 79.9. The molecule has 0 aliphatic heterocycles. The third kappa shape index (κ3) is 4.42. The lowest BCUT2D eigenvalue weighted by Gasteiger charge is -2.09. The second kappa shape index (κ2) is 8.56. The van der Waals surface area contributed by atoms with Gasteiger partial charge in [-0.1, -0.05) is 41.9 Å². The molecule has 3 rings (SSSR count). The molecule has 1 heterocycles. The number of amides is 1. The van der Waals surface area contributed by atoms with E-state index in [2.05, 4.69) is 45.0 Å². The molecule has 3 aromatic rings. The number of aryl methyl sites for hydroxylation is 1. The zero-order chi connectivity index (χ0) is 20.3. The number of azo groups is 1. The van der Waals surface area contributed by atoms with Gasteiger partial charge in [0, 0.05) is 9.86 Å². The van der Waals surface area contributed by atoms with Crippen molar-refractivity contribution in [3.63, 3.8) is 0 Å². The van der Waals surface area contributed by atoms with Gasteiger partial charge in [-0.15, -0.1) is 10.2 Å². The second-order valence-electron chi connectivity index (χ2n) is 6.73. The van der Waals surface area contributed by atoms with Gasteiger partial charge in [0.25, 0.3) is 0 Å². The maximum Gasteiger partial charge on any atom is 0.302 e. The first-order valence-electron chi connectivity index (χ1n) is 9.07. The highest BCUT2D eigenvalue weighted by Crippen LogP contribution is 2.37. The van der Waals surface area contributed by atoms with Gasteiger partial charge in [0.2, 0.25) is 5.88 Å². The molecular weight excluding hydrogens is 422 g/mol. The standard InChI is InChI=1S/C21H22BrN3O3/c1-4-12(2)14-5-7-15(8-6-14)28-11-19(26)24-25-20-16-9-13(3)17(22)10-18(16)23-21(20)27/h5-10,12,23,27H,4,11H2,1-3H3. The average Bonchev–Trinajstić information content (AvgIpc) is 2.98. The number of carbonyl (C=O) groups is 1. The molecule has 2 aromatic carbocycles. The summed E-state index contributed by atoms with van der Waals surface area (Å²) in [4.78, 5) is 14.8. The molecule has 1 aromatic heterocycles. The molecule has 7 heteroatoms. The Kier molecular flexibility index (Phi) is 6.14. The first kappa shape index (κ1) is 20.1. The first-order valence-corrected chi connectivity index (χ1v) is 9.86. The molecule has 0 bridgehead atoms. The van der Waals surface area contributed by atoms with Gasteiger partial charge in [-0.2, -0.15) is 0 Å². The van der Waals surface area contributed by atoms with Crippen LogP contribution in [0.4, 0.5) is 5.69 Å². The average molecular weight is 444 g/mol. The molecule has 0 aliphatic rings. The summed E-state index contributed by atoms with van der Waals surface area (Å²) in [6.45, 7) is 6.02. The maximum absolute atomic E-state index is 12.0. The van der Waals surface area contributed by atoms with E-state index in [0.29, 0.717) is 22.6 Å². The Hall–Kier alpha value is -2.67. The Morgan fingerprint density at radius 1 is 1.29 bits per heavy atom. The summed E-state index contributed by atoms with van der Waals surface area (Å²) in [6, 6.07) is 11.4. The third-order valence-electron chi connectivity index (χ3n) is 4.72. The number of ether oxygens (including phenoxy) is 1. The smallest absolute Gasteiger partial charge is 0.302 e. The minimum Gasteiger partial charge on any atom is -0.493 e. The molecule has 0 saturated carbocycles. The van der Waals surface area contributed by atoms with Crippen molar-refractivity contribution < 1.29 is 14.6 Å². The highest BCUT2D eigenvalue weighted by Gasteiger charge is 2.13. The highest BCUT2D eigenvalue weighted by molar-refractivity contribution is 9.10. The number of hydrogen-bond acceptors (Lipinski definition) is 4. The summed E-state index contributed by atoms with van der Waals surface area (Å²) in [5, 5.41) is 18.3. The minimum atomic E-state index is -0.534. The molecule has 0 aliphatic carbocycles. The number of H-pyrrole nitrogens is 1. The van der Waals surface area contributed by atoms with Gasteiger partial charge in [-0.3, -0.25) is 4.79 Å². The number of carbonyl (C=O) groups excluding carboxylic acids is 1. The Morgan fingerprint density at radius 3 is 2.68 bits per heavy atom. The molecule has 0 spiro atoms. The number of fused-ring (bicyclic) bond motifs is 1. The van der Waals surface area contributed by atoms with Crippen LogP contribution in [-0.2, 0) is 4.79 Å². The fraction of sp³-hybridized carbons (Fsp3) is 0.286. The number of benzene rings is 2. The van der Waals surface area contributed by atoms with Gasteiger partial charge in [0.15, 0.2) is 12.3 Å². The zero-order valence-corrected chi connectivity index (χ0v) is 17.6. The van der Waals surface area contributed by atoms with E-state index in [9.17, 15) is 9.90 Å². The van der Waals surface area contributed by atoms with Gasteiger partial charge >= 0.3 is 5.91 Å². The van der Waals surface area contributed by atoms with Gasteiger partial charge in [0.1, 0.15) is 5.75 Å². The Morgan fingerprint density at radius 2 is 2.00 bits per heavy atom. The van der Waals surface area contributed by atoms with Gasteiger partial charge in [-0.25, -0.2) is 0 Å². The number of halogens is 1. The van der Waals surface area contributed by atoms with Crippen LogP contribution in [0.5, 0.6) is 11.6 Å². The minimum absolute atomic E-state index is 0.134. The van der Waals surface area contributed by atoms with Crippen LogP contribution in [0.2, 0.25) is 0 Å². The van der Waals surface area contributed by atoms with Crippen LogP contribution in [0.15, 0.2) is 51.1 Å². The summed E-state index contributed by atoms with van der Waals surface area (Å²) in [6.07, 6.45) is 1.07. The van der Waals surface area contributed by atoms with Crippen LogP contribution in [0.1, 0.15) is 37.3 Å². The summed E-state index contributed by atoms with van der Waals surface area (Å²) < 4.78 is 6.39. The Bertz CT molecular complexity index is 1030. The van der Waals surface area contributed by atoms with Crippen LogP contribution in [-0.4, -0.2) is 22.6 Å². The number of nitrogens with zero attached hydrogens (tertiary/aromatic N) is 2. The molecule has 2 N–H and O–H groups in total. The topological polar surface area (TPSA) is 87.0 Å². The van der Waals surface area contributed by atoms with Crippen molar-refractivity contribution in [2.45, 2.75) is 33.1 Å². The van der Waals surface area contributed by atoms with Crippen LogP contribution in [0.25, 0.3) is 10.9 Å². The molecule has 0 fully saturated rings. The van der Waals surface area contributed by atoms with E-state index >= 15 is 0 Å². The normalized spacial score (nSPS) is 12.6. The summed E-state index contributed by atoms with van der Waals surface area (Å²) in [5.74, 6) is 0.419. The molecule has 1 amide bonds. The fourth-order valence-electron chi connectivity index (χ4n) is 2.80. The molecule has 0 saturated heterocycles. The zero-order valence-electron chi connectivity index (χ0n) is 16.0. The molecule has 1 atom stereocenters. The van der Waals surface area contributed by atoms with Crippen molar-refractivity contribution in [2.24, 2.45) is 10.2 Å². The van der Waals surface area contributed by atoms with Crippen molar-refractivity contribution in [1.82, 2.24) is 4.98 Å². The van der Waals surface area contributed by atoms with Crippen LogP contribution in [0.3, 0.4) is 0 Å². The molecule has 6 nitrogen and oxygen atoms in total. The third-order valence-corrected chi connectivity index (χ3v) is 5.57. The van der Waals surface area contributed by atoms with Gasteiger partial charge < -0.3 is 14.8 Å². The van der Waals surface area contributed by atoms with Crippen LogP contribution < -0.4 is 4.74 Å². The lowest BCUT2D eigenvalue weighted by molar-refractivity contribution is -0.120. The number of aromatic nitrogens is 1. The SMILES string of the molecule is CCC(C)c1ccc(OCC(=O)N=Nc2c(O)[nH]c3cc(Br)c(C)cc23)cc1.